The molecule has 3 N–H and O–H groups in total. The molecule has 0 aliphatic heterocycles. The summed E-state index contributed by atoms with van der Waals surface area (Å²) in [5, 5.41) is 9.64. The van der Waals surface area contributed by atoms with Crippen molar-refractivity contribution in [1.82, 2.24) is 16.0 Å². The average molecular weight is 266 g/mol. The van der Waals surface area contributed by atoms with E-state index in [1.165, 1.54) is 0 Å². The van der Waals surface area contributed by atoms with E-state index >= 15 is 0 Å². The van der Waals surface area contributed by atoms with Gasteiger partial charge < -0.3 is 16.0 Å². The SMILES string of the molecule is CNC1(CN=C=O)C[C](N=C=O)CC(NC)(NC)C1. The Hall–Kier alpha value is -1.36. The topological polar surface area (TPSA) is 95.0 Å². The molecule has 19 heavy (non-hydrogen) atoms. The molecule has 1 fully saturated rings. The summed E-state index contributed by atoms with van der Waals surface area (Å²) in [6.07, 6.45) is 5.00. The molecule has 0 aromatic rings. The number of aliphatic imine (C=N–C) groups is 2. The van der Waals surface area contributed by atoms with E-state index in [1.54, 1.807) is 12.2 Å². The third-order valence-corrected chi connectivity index (χ3v) is 3.83. The Labute approximate surface area is 113 Å². The molecule has 1 atom stereocenters. The second kappa shape index (κ2) is 6.70. The van der Waals surface area contributed by atoms with Gasteiger partial charge in [-0.1, -0.05) is 0 Å². The van der Waals surface area contributed by atoms with Gasteiger partial charge in [-0.15, -0.1) is 0 Å². The van der Waals surface area contributed by atoms with Crippen LogP contribution in [0.4, 0.5) is 0 Å². The highest BCUT2D eigenvalue weighted by Gasteiger charge is 2.47. The van der Waals surface area contributed by atoms with E-state index in [0.717, 1.165) is 6.04 Å². The zero-order valence-electron chi connectivity index (χ0n) is 11.5. The number of nitrogens with one attached hydrogen (secondary N) is 3. The maximum Gasteiger partial charge on any atom is 0.235 e. The molecule has 0 heterocycles. The summed E-state index contributed by atoms with van der Waals surface area (Å²) in [6, 6.07) is 0.723. The quantitative estimate of drug-likeness (QED) is 0.341. The van der Waals surface area contributed by atoms with Crippen molar-refractivity contribution in [3.05, 3.63) is 6.04 Å². The molecule has 7 heteroatoms. The Kier molecular flexibility index (Phi) is 5.54. The summed E-state index contributed by atoms with van der Waals surface area (Å²) in [4.78, 5) is 28.4. The second-order valence-electron chi connectivity index (χ2n) is 4.82. The van der Waals surface area contributed by atoms with Gasteiger partial charge in [0.15, 0.2) is 0 Å². The molecule has 1 saturated carbocycles. The van der Waals surface area contributed by atoms with Gasteiger partial charge in [-0.2, -0.15) is 4.99 Å². The zero-order valence-corrected chi connectivity index (χ0v) is 11.5. The molecule has 0 saturated heterocycles. The van der Waals surface area contributed by atoms with E-state index < -0.39 is 11.2 Å². The molecule has 0 bridgehead atoms. The van der Waals surface area contributed by atoms with Crippen LogP contribution in [0.15, 0.2) is 9.98 Å². The predicted octanol–water partition coefficient (Wildman–Crippen LogP) is -0.533. The first-order valence-electron chi connectivity index (χ1n) is 6.12. The number of isocyanates is 2. The van der Waals surface area contributed by atoms with Gasteiger partial charge in [0.05, 0.1) is 12.2 Å². The van der Waals surface area contributed by atoms with E-state index in [1.807, 2.05) is 21.1 Å². The van der Waals surface area contributed by atoms with Crippen LogP contribution in [0.2, 0.25) is 0 Å². The lowest BCUT2D eigenvalue weighted by Crippen LogP contribution is -2.65. The summed E-state index contributed by atoms with van der Waals surface area (Å²) < 4.78 is 0. The largest absolute Gasteiger partial charge is 0.312 e. The molecule has 7 nitrogen and oxygen atoms in total. The molecule has 105 valence electrons. The number of hydrogen-bond acceptors (Lipinski definition) is 7. The van der Waals surface area contributed by atoms with Crippen LogP contribution in [0, 0.1) is 6.04 Å². The number of hydrogen-bond donors (Lipinski definition) is 3. The normalized spacial score (nSPS) is 26.3. The summed E-state index contributed by atoms with van der Waals surface area (Å²) in [6.45, 7) is 0.288. The minimum Gasteiger partial charge on any atom is -0.312 e. The molecule has 1 aliphatic rings. The average Bonchev–Trinajstić information content (AvgIpc) is 2.45. The Balaban J connectivity index is 3.08. The minimum absolute atomic E-state index is 0.288. The Morgan fingerprint density at radius 1 is 1.11 bits per heavy atom. The monoisotopic (exact) mass is 266 g/mol. The van der Waals surface area contributed by atoms with Gasteiger partial charge in [-0.25, -0.2) is 14.6 Å². The highest BCUT2D eigenvalue weighted by molar-refractivity contribution is 5.37. The summed E-state index contributed by atoms with van der Waals surface area (Å²) in [7, 11) is 5.49. The van der Waals surface area contributed by atoms with Gasteiger partial charge >= 0.3 is 0 Å². The fourth-order valence-corrected chi connectivity index (χ4v) is 2.68. The van der Waals surface area contributed by atoms with Crippen molar-refractivity contribution in [3.63, 3.8) is 0 Å². The van der Waals surface area contributed by atoms with Crippen molar-refractivity contribution < 1.29 is 9.59 Å². The molecular formula is C12H20N5O2. The standard InChI is InChI=1S/C12H20N5O2/c1-13-11(7-16-8-18)4-10(17-9-19)5-12(6-11,14-2)15-3/h13-15H,4-7H2,1-3H3. The van der Waals surface area contributed by atoms with Crippen molar-refractivity contribution in [3.8, 4) is 0 Å². The fraction of sp³-hybridized carbons (Fsp3) is 0.750. The van der Waals surface area contributed by atoms with Gasteiger partial charge in [0.2, 0.25) is 12.2 Å². The first kappa shape index (κ1) is 15.7. The smallest absolute Gasteiger partial charge is 0.235 e. The number of nitrogens with zero attached hydrogens (tertiary/aromatic N) is 2. The minimum atomic E-state index is -0.433. The lowest BCUT2D eigenvalue weighted by Gasteiger charge is -2.48. The van der Waals surface area contributed by atoms with Gasteiger partial charge in [0, 0.05) is 12.0 Å². The fourth-order valence-electron chi connectivity index (χ4n) is 2.68. The highest BCUT2D eigenvalue weighted by atomic mass is 16.1. The van der Waals surface area contributed by atoms with Crippen LogP contribution >= 0.6 is 0 Å². The second-order valence-corrected chi connectivity index (χ2v) is 4.82. The molecule has 0 amide bonds. The predicted molar refractivity (Wildman–Crippen MR) is 70.8 cm³/mol. The molecule has 1 rings (SSSR count). The van der Waals surface area contributed by atoms with Gasteiger partial charge in [0.1, 0.15) is 6.04 Å². The first-order valence-corrected chi connectivity index (χ1v) is 6.12. The van der Waals surface area contributed by atoms with Crippen molar-refractivity contribution >= 4 is 12.2 Å². The van der Waals surface area contributed by atoms with Crippen LogP contribution in [0.25, 0.3) is 0 Å². The molecular weight excluding hydrogens is 246 g/mol. The summed E-state index contributed by atoms with van der Waals surface area (Å²) >= 11 is 0. The lowest BCUT2D eigenvalue weighted by molar-refractivity contribution is 0.132. The molecule has 1 unspecified atom stereocenters. The van der Waals surface area contributed by atoms with Gasteiger partial charge in [-0.3, -0.25) is 0 Å². The van der Waals surface area contributed by atoms with Crippen LogP contribution in [0.1, 0.15) is 19.3 Å². The van der Waals surface area contributed by atoms with Crippen LogP contribution in [0.5, 0.6) is 0 Å². The first-order chi connectivity index (χ1) is 9.09. The number of likely N-dealkylation sites (N-methyl/N-ethyl adjacent to an activating group) is 1. The molecule has 0 aromatic carbocycles. The zero-order chi connectivity index (χ0) is 14.4. The summed E-state index contributed by atoms with van der Waals surface area (Å²) in [5.74, 6) is 0. The van der Waals surface area contributed by atoms with Crippen molar-refractivity contribution in [2.24, 2.45) is 9.98 Å². The van der Waals surface area contributed by atoms with Gasteiger partial charge in [-0.05, 0) is 34.0 Å². The van der Waals surface area contributed by atoms with Crippen molar-refractivity contribution in [1.29, 1.82) is 0 Å². The van der Waals surface area contributed by atoms with E-state index in [-0.39, 0.29) is 6.54 Å². The number of carbonyl (C=O) groups excluding carboxylic acids is 2. The lowest BCUT2D eigenvalue weighted by atomic mass is 9.73. The third-order valence-electron chi connectivity index (χ3n) is 3.83. The van der Waals surface area contributed by atoms with Crippen molar-refractivity contribution in [2.75, 3.05) is 27.7 Å². The van der Waals surface area contributed by atoms with E-state index in [9.17, 15) is 9.59 Å². The van der Waals surface area contributed by atoms with E-state index in [4.69, 9.17) is 0 Å². The maximum absolute atomic E-state index is 10.5. The Bertz CT molecular complexity index is 397. The van der Waals surface area contributed by atoms with E-state index in [0.29, 0.717) is 19.3 Å². The Morgan fingerprint density at radius 2 is 1.79 bits per heavy atom. The third kappa shape index (κ3) is 3.56. The van der Waals surface area contributed by atoms with Crippen LogP contribution in [0.3, 0.4) is 0 Å². The summed E-state index contributed by atoms with van der Waals surface area (Å²) in [5.41, 5.74) is -0.827. The van der Waals surface area contributed by atoms with Gasteiger partial charge in [0.25, 0.3) is 0 Å². The molecule has 1 radical (unpaired) electrons. The molecule has 0 spiro atoms. The highest BCUT2D eigenvalue weighted by Crippen LogP contribution is 2.39. The number of rotatable bonds is 6. The van der Waals surface area contributed by atoms with Crippen molar-refractivity contribution in [2.45, 2.75) is 30.5 Å². The molecule has 1 aliphatic carbocycles. The molecule has 0 aromatic heterocycles. The van der Waals surface area contributed by atoms with E-state index in [2.05, 4.69) is 25.9 Å². The van der Waals surface area contributed by atoms with Crippen LogP contribution in [-0.4, -0.2) is 51.0 Å². The Morgan fingerprint density at radius 3 is 2.26 bits per heavy atom. The van der Waals surface area contributed by atoms with Crippen LogP contribution in [-0.2, 0) is 9.59 Å². The maximum atomic E-state index is 10.5. The van der Waals surface area contributed by atoms with Crippen LogP contribution < -0.4 is 16.0 Å².